The molecule has 0 saturated heterocycles. The maximum atomic E-state index is 7.50. The Bertz CT molecular complexity index is 3940. The number of likely N-dealkylation sites (N-methyl/N-ethyl adjacent to an activating group) is 1. The average Bonchev–Trinajstić information content (AvgIpc) is 3.49. The van der Waals surface area contributed by atoms with Crippen molar-refractivity contribution in [3.8, 4) is 55.6 Å². The van der Waals surface area contributed by atoms with Gasteiger partial charge in [-0.2, -0.15) is 0 Å². The number of rotatable bonds is 14. The summed E-state index contributed by atoms with van der Waals surface area (Å²) in [6.07, 6.45) is 17.7. The van der Waals surface area contributed by atoms with E-state index in [0.717, 1.165) is 90.3 Å². The molecule has 390 valence electrons. The monoisotopic (exact) mass is 1040 g/mol. The summed E-state index contributed by atoms with van der Waals surface area (Å²) in [5, 5.41) is 11.7. The van der Waals surface area contributed by atoms with E-state index < -0.39 is 11.6 Å². The van der Waals surface area contributed by atoms with Gasteiger partial charge in [0, 0.05) is 11.4 Å². The molecule has 4 nitrogen and oxygen atoms in total. The van der Waals surface area contributed by atoms with E-state index in [1.807, 2.05) is 7.05 Å². The SMILES string of the molecule is CNC1C=CC=C/C1=C(/Nc1cc(-c2ccccc2)cc(-c2ccccc2)c1)c1ccc2c(c1)C(c1ccccc1)(c1ccccc1)c1cc(/C(NC(N)c3cc(-c4ccccc4)cc(-c4ccccc4)c3)=C3\C=CC=CC3)ccc1-2. The van der Waals surface area contributed by atoms with Gasteiger partial charge in [0.15, 0.2) is 0 Å². The second kappa shape index (κ2) is 22.5. The molecule has 5 N–H and O–H groups in total. The predicted octanol–water partition coefficient (Wildman–Crippen LogP) is 17.7. The molecule has 0 aromatic heterocycles. The molecule has 81 heavy (non-hydrogen) atoms. The van der Waals surface area contributed by atoms with E-state index in [4.69, 9.17) is 5.73 Å². The number of anilines is 1. The lowest BCUT2D eigenvalue weighted by molar-refractivity contribution is 0.664. The van der Waals surface area contributed by atoms with Gasteiger partial charge in [0.1, 0.15) is 6.17 Å². The van der Waals surface area contributed by atoms with Crippen molar-refractivity contribution in [3.63, 3.8) is 0 Å². The first-order valence-electron chi connectivity index (χ1n) is 28.1. The highest BCUT2D eigenvalue weighted by atomic mass is 15.0. The first kappa shape index (κ1) is 50.7. The van der Waals surface area contributed by atoms with Gasteiger partial charge in [-0.05, 0) is 168 Å². The van der Waals surface area contributed by atoms with Gasteiger partial charge in [0.2, 0.25) is 0 Å². The van der Waals surface area contributed by atoms with Crippen LogP contribution in [0.1, 0.15) is 51.5 Å². The van der Waals surface area contributed by atoms with E-state index in [9.17, 15) is 0 Å². The van der Waals surface area contributed by atoms with Gasteiger partial charge in [-0.1, -0.05) is 255 Å². The average molecular weight is 1040 g/mol. The fraction of sp³-hybridized carbons (Fsp3) is 0.0649. The standard InChI is InChI=1S/C77H62N4/c1-79-73-40-24-23-39-70(73)75(80-67-49-62(55-29-13-4-14-30-55)46-63(50-67)56-31-15-5-16-32-56)59-42-44-69-68-43-41-58(51-71(68)77(72(69)52-59,65-35-19-7-20-36-65)66-37-21-8-22-38-66)74(57-33-17-6-18-34-57)81-76(78)64-47-60(53-25-9-2-10-26-53)45-61(48-64)54-27-11-3-12-28-54/h2-33,35-52,73,76,79-81H,34,78H2,1H3/b74-57-,75-70-. The lowest BCUT2D eigenvalue weighted by Crippen LogP contribution is -2.30. The van der Waals surface area contributed by atoms with Gasteiger partial charge >= 0.3 is 0 Å². The Labute approximate surface area is 476 Å². The van der Waals surface area contributed by atoms with Crippen molar-refractivity contribution in [2.24, 2.45) is 5.73 Å². The van der Waals surface area contributed by atoms with Crippen molar-refractivity contribution in [1.29, 1.82) is 0 Å². The third-order valence-corrected chi connectivity index (χ3v) is 16.2. The largest absolute Gasteiger partial charge is 0.365 e. The minimum Gasteiger partial charge on any atom is -0.365 e. The summed E-state index contributed by atoms with van der Waals surface area (Å²) >= 11 is 0. The Morgan fingerprint density at radius 3 is 1.35 bits per heavy atom. The molecule has 13 rings (SSSR count). The van der Waals surface area contributed by atoms with Crippen LogP contribution in [0.25, 0.3) is 67.0 Å². The Hall–Kier alpha value is -9.84. The van der Waals surface area contributed by atoms with Crippen molar-refractivity contribution in [2.45, 2.75) is 24.0 Å². The number of hydrogen-bond acceptors (Lipinski definition) is 4. The van der Waals surface area contributed by atoms with E-state index in [0.29, 0.717) is 0 Å². The van der Waals surface area contributed by atoms with Crippen LogP contribution in [0.5, 0.6) is 0 Å². The lowest BCUT2D eigenvalue weighted by atomic mass is 9.67. The van der Waals surface area contributed by atoms with E-state index >= 15 is 0 Å². The molecule has 10 aromatic carbocycles. The van der Waals surface area contributed by atoms with Crippen LogP contribution >= 0.6 is 0 Å². The van der Waals surface area contributed by atoms with Gasteiger partial charge in [0.25, 0.3) is 0 Å². The summed E-state index contributed by atoms with van der Waals surface area (Å²) in [6.45, 7) is 0. The molecular weight excluding hydrogens is 981 g/mol. The molecule has 4 heteroatoms. The fourth-order valence-corrected chi connectivity index (χ4v) is 12.3. The third kappa shape index (κ3) is 9.93. The number of fused-ring (bicyclic) bond motifs is 3. The molecular formula is C77H62N4. The van der Waals surface area contributed by atoms with Crippen molar-refractivity contribution in [1.82, 2.24) is 10.6 Å². The van der Waals surface area contributed by atoms with E-state index in [1.165, 1.54) is 39.0 Å². The van der Waals surface area contributed by atoms with Crippen LogP contribution in [-0.4, -0.2) is 13.1 Å². The third-order valence-electron chi connectivity index (χ3n) is 16.2. The Balaban J connectivity index is 0.981. The molecule has 0 radical (unpaired) electrons. The smallest absolute Gasteiger partial charge is 0.101 e. The van der Waals surface area contributed by atoms with Gasteiger partial charge in [-0.15, -0.1) is 0 Å². The van der Waals surface area contributed by atoms with Crippen LogP contribution in [0.15, 0.2) is 315 Å². The highest BCUT2D eigenvalue weighted by molar-refractivity contribution is 5.92. The van der Waals surface area contributed by atoms with Gasteiger partial charge in [-0.3, -0.25) is 0 Å². The minimum atomic E-state index is -0.720. The molecule has 0 aliphatic heterocycles. The highest BCUT2D eigenvalue weighted by Gasteiger charge is 2.47. The zero-order valence-corrected chi connectivity index (χ0v) is 45.3. The summed E-state index contributed by atoms with van der Waals surface area (Å²) in [6, 6.07) is 92.5. The molecule has 2 unspecified atom stereocenters. The molecule has 0 heterocycles. The number of benzene rings is 10. The van der Waals surface area contributed by atoms with Crippen molar-refractivity contribution < 1.29 is 0 Å². The fourth-order valence-electron chi connectivity index (χ4n) is 12.3. The molecule has 0 fully saturated rings. The second-order valence-electron chi connectivity index (χ2n) is 21.1. The number of hydrogen-bond donors (Lipinski definition) is 4. The summed E-state index contributed by atoms with van der Waals surface area (Å²) in [5.74, 6) is 0. The van der Waals surface area contributed by atoms with Crippen LogP contribution in [0.4, 0.5) is 5.69 Å². The van der Waals surface area contributed by atoms with Gasteiger partial charge in [0.05, 0.1) is 17.2 Å². The minimum absolute atomic E-state index is 0.0378. The Morgan fingerprint density at radius 2 is 0.889 bits per heavy atom. The zero-order chi connectivity index (χ0) is 54.5. The molecule has 10 aromatic rings. The van der Waals surface area contributed by atoms with Crippen LogP contribution < -0.4 is 21.7 Å². The number of allylic oxidation sites excluding steroid dienone is 7. The van der Waals surface area contributed by atoms with Gasteiger partial charge in [-0.25, -0.2) is 0 Å². The van der Waals surface area contributed by atoms with Crippen LogP contribution in [0, 0.1) is 0 Å². The number of nitrogens with two attached hydrogens (primary N) is 1. The van der Waals surface area contributed by atoms with Crippen LogP contribution in [0.2, 0.25) is 0 Å². The second-order valence-corrected chi connectivity index (χ2v) is 21.1. The molecule has 0 bridgehead atoms. The predicted molar refractivity (Wildman–Crippen MR) is 340 cm³/mol. The Morgan fingerprint density at radius 1 is 0.444 bits per heavy atom. The molecule has 3 aliphatic carbocycles. The highest BCUT2D eigenvalue weighted by Crippen LogP contribution is 2.57. The summed E-state index contributed by atoms with van der Waals surface area (Å²) in [5.41, 5.74) is 31.6. The summed E-state index contributed by atoms with van der Waals surface area (Å²) in [7, 11) is 2.04. The maximum absolute atomic E-state index is 7.50. The van der Waals surface area contributed by atoms with Crippen molar-refractivity contribution >= 4 is 17.1 Å². The van der Waals surface area contributed by atoms with E-state index in [-0.39, 0.29) is 6.04 Å². The van der Waals surface area contributed by atoms with Crippen LogP contribution in [-0.2, 0) is 5.41 Å². The summed E-state index contributed by atoms with van der Waals surface area (Å²) < 4.78 is 0. The molecule has 0 spiro atoms. The van der Waals surface area contributed by atoms with Crippen LogP contribution in [0.3, 0.4) is 0 Å². The summed E-state index contributed by atoms with van der Waals surface area (Å²) in [4.78, 5) is 0. The Kier molecular flexibility index (Phi) is 14.1. The van der Waals surface area contributed by atoms with Crippen molar-refractivity contribution in [2.75, 3.05) is 12.4 Å². The molecule has 0 saturated carbocycles. The molecule has 3 aliphatic rings. The number of nitrogens with one attached hydrogen (secondary N) is 3. The van der Waals surface area contributed by atoms with E-state index in [1.54, 1.807) is 0 Å². The van der Waals surface area contributed by atoms with E-state index in [2.05, 4.69) is 319 Å². The first-order valence-corrected chi connectivity index (χ1v) is 28.1. The zero-order valence-electron chi connectivity index (χ0n) is 45.3. The quantitative estimate of drug-likeness (QED) is 0.0820. The molecule has 2 atom stereocenters. The molecule has 0 amide bonds. The maximum Gasteiger partial charge on any atom is 0.101 e. The first-order chi connectivity index (χ1) is 40.0. The topological polar surface area (TPSA) is 62.1 Å². The van der Waals surface area contributed by atoms with Gasteiger partial charge < -0.3 is 21.7 Å². The van der Waals surface area contributed by atoms with Crippen molar-refractivity contribution in [3.05, 3.63) is 353 Å². The normalized spacial score (nSPS) is 16.3. The lowest BCUT2D eigenvalue weighted by Gasteiger charge is -2.35.